The van der Waals surface area contributed by atoms with Crippen molar-refractivity contribution in [2.75, 3.05) is 6.54 Å². The summed E-state index contributed by atoms with van der Waals surface area (Å²) in [5, 5.41) is 3.51. The number of halogens is 1. The zero-order valence-electron chi connectivity index (χ0n) is 12.6. The number of nitrogens with zero attached hydrogens (tertiary/aromatic N) is 1. The van der Waals surface area contributed by atoms with E-state index >= 15 is 0 Å². The van der Waals surface area contributed by atoms with Crippen molar-refractivity contribution in [1.82, 2.24) is 10.3 Å². The van der Waals surface area contributed by atoms with Gasteiger partial charge < -0.3 is 10.1 Å². The van der Waals surface area contributed by atoms with Gasteiger partial charge in [-0.2, -0.15) is 0 Å². The summed E-state index contributed by atoms with van der Waals surface area (Å²) in [6.45, 7) is 7.01. The van der Waals surface area contributed by atoms with Gasteiger partial charge in [0.2, 0.25) is 0 Å². The highest BCUT2D eigenvalue weighted by atomic mass is 79.9. The number of nitrogens with one attached hydrogen (secondary N) is 1. The quantitative estimate of drug-likeness (QED) is 0.843. The summed E-state index contributed by atoms with van der Waals surface area (Å²) < 4.78 is 6.84. The van der Waals surface area contributed by atoms with E-state index in [1.807, 2.05) is 32.2 Å². The van der Waals surface area contributed by atoms with E-state index in [-0.39, 0.29) is 12.1 Å². The van der Waals surface area contributed by atoms with E-state index in [4.69, 9.17) is 4.74 Å². The van der Waals surface area contributed by atoms with Crippen LogP contribution in [0.15, 0.2) is 47.2 Å². The summed E-state index contributed by atoms with van der Waals surface area (Å²) in [6, 6.07) is 10.4. The van der Waals surface area contributed by atoms with Crippen LogP contribution in [-0.2, 0) is 0 Å². The van der Waals surface area contributed by atoms with Crippen LogP contribution in [0.3, 0.4) is 0 Å². The van der Waals surface area contributed by atoms with Crippen molar-refractivity contribution in [1.29, 1.82) is 0 Å². The molecule has 1 atom stereocenters. The number of rotatable bonds is 6. The van der Waals surface area contributed by atoms with Crippen LogP contribution in [0.25, 0.3) is 0 Å². The van der Waals surface area contributed by atoms with Crippen LogP contribution < -0.4 is 10.1 Å². The normalized spacial score (nSPS) is 12.4. The van der Waals surface area contributed by atoms with Crippen LogP contribution in [0.2, 0.25) is 0 Å². The molecule has 21 heavy (non-hydrogen) atoms. The molecule has 0 aliphatic carbocycles. The Kier molecular flexibility index (Phi) is 5.76. The van der Waals surface area contributed by atoms with Crippen molar-refractivity contribution in [2.24, 2.45) is 0 Å². The van der Waals surface area contributed by atoms with E-state index in [1.54, 1.807) is 6.20 Å². The van der Waals surface area contributed by atoms with Gasteiger partial charge in [0.15, 0.2) is 0 Å². The largest absolute Gasteiger partial charge is 0.489 e. The van der Waals surface area contributed by atoms with E-state index in [0.29, 0.717) is 0 Å². The van der Waals surface area contributed by atoms with Crippen molar-refractivity contribution in [2.45, 2.75) is 32.9 Å². The predicted octanol–water partition coefficient (Wildman–Crippen LogP) is 4.33. The van der Waals surface area contributed by atoms with Crippen LogP contribution in [0, 0.1) is 0 Å². The number of pyridine rings is 1. The molecular weight excluding hydrogens is 328 g/mol. The molecule has 0 aliphatic heterocycles. The van der Waals surface area contributed by atoms with Gasteiger partial charge in [-0.05, 0) is 43.7 Å². The van der Waals surface area contributed by atoms with Crippen molar-refractivity contribution < 1.29 is 4.74 Å². The monoisotopic (exact) mass is 348 g/mol. The Morgan fingerprint density at radius 2 is 2.00 bits per heavy atom. The second-order valence-corrected chi connectivity index (χ2v) is 5.99. The molecule has 0 fully saturated rings. The lowest BCUT2D eigenvalue weighted by Gasteiger charge is -2.21. The maximum absolute atomic E-state index is 5.75. The molecule has 1 heterocycles. The molecule has 1 aromatic carbocycles. The Bertz CT molecular complexity index is 587. The molecule has 0 saturated carbocycles. The van der Waals surface area contributed by atoms with E-state index in [0.717, 1.165) is 22.3 Å². The van der Waals surface area contributed by atoms with E-state index in [2.05, 4.69) is 51.4 Å². The first-order valence-electron chi connectivity index (χ1n) is 7.21. The van der Waals surface area contributed by atoms with Crippen molar-refractivity contribution in [3.63, 3.8) is 0 Å². The van der Waals surface area contributed by atoms with Gasteiger partial charge in [0.25, 0.3) is 0 Å². The first-order valence-corrected chi connectivity index (χ1v) is 8.00. The number of ether oxygens (including phenoxy) is 1. The van der Waals surface area contributed by atoms with Gasteiger partial charge in [0.1, 0.15) is 5.75 Å². The highest BCUT2D eigenvalue weighted by Gasteiger charge is 2.16. The molecular formula is C17H21BrN2O. The molecule has 3 nitrogen and oxygen atoms in total. The van der Waals surface area contributed by atoms with Gasteiger partial charge >= 0.3 is 0 Å². The molecule has 112 valence electrons. The number of aromatic nitrogens is 1. The van der Waals surface area contributed by atoms with Gasteiger partial charge in [-0.25, -0.2) is 0 Å². The van der Waals surface area contributed by atoms with Gasteiger partial charge in [0, 0.05) is 10.7 Å². The standard InChI is InChI=1S/C17H21BrN2O/c1-4-20-17(15-7-5-6-8-16(15)18)13-9-14(11-19-10-13)21-12(2)3/h5-12,17,20H,4H2,1-3H3. The molecule has 2 rings (SSSR count). The average Bonchev–Trinajstić information content (AvgIpc) is 2.45. The molecule has 1 unspecified atom stereocenters. The lowest BCUT2D eigenvalue weighted by Crippen LogP contribution is -2.22. The third-order valence-electron chi connectivity index (χ3n) is 3.06. The molecule has 2 aromatic rings. The molecule has 1 aromatic heterocycles. The fraction of sp³-hybridized carbons (Fsp3) is 0.353. The molecule has 0 saturated heterocycles. The van der Waals surface area contributed by atoms with Gasteiger partial charge in [-0.1, -0.05) is 41.1 Å². The molecule has 0 radical (unpaired) electrons. The zero-order valence-corrected chi connectivity index (χ0v) is 14.2. The van der Waals surface area contributed by atoms with Crippen LogP contribution >= 0.6 is 15.9 Å². The SMILES string of the molecule is CCNC(c1cncc(OC(C)C)c1)c1ccccc1Br. The zero-order chi connectivity index (χ0) is 15.2. The Balaban J connectivity index is 2.36. The summed E-state index contributed by atoms with van der Waals surface area (Å²) in [5.41, 5.74) is 2.30. The molecule has 1 N–H and O–H groups in total. The minimum absolute atomic E-state index is 0.0915. The van der Waals surface area contributed by atoms with E-state index < -0.39 is 0 Å². The topological polar surface area (TPSA) is 34.2 Å². The second kappa shape index (κ2) is 7.57. The molecule has 0 aliphatic rings. The Morgan fingerprint density at radius 1 is 1.24 bits per heavy atom. The van der Waals surface area contributed by atoms with Crippen molar-refractivity contribution >= 4 is 15.9 Å². The van der Waals surface area contributed by atoms with Crippen LogP contribution in [0.1, 0.15) is 37.9 Å². The highest BCUT2D eigenvalue weighted by molar-refractivity contribution is 9.10. The van der Waals surface area contributed by atoms with Crippen LogP contribution in [-0.4, -0.2) is 17.6 Å². The molecule has 0 bridgehead atoms. The Hall–Kier alpha value is -1.39. The van der Waals surface area contributed by atoms with Crippen molar-refractivity contribution in [3.8, 4) is 5.75 Å². The van der Waals surface area contributed by atoms with Gasteiger partial charge in [0.05, 0.1) is 18.3 Å². The minimum Gasteiger partial charge on any atom is -0.489 e. The first kappa shape index (κ1) is 16.0. The Morgan fingerprint density at radius 3 is 2.67 bits per heavy atom. The summed E-state index contributed by atoms with van der Waals surface area (Å²) in [5.74, 6) is 0.803. The van der Waals surface area contributed by atoms with Gasteiger partial charge in [-0.3, -0.25) is 4.98 Å². The minimum atomic E-state index is 0.0915. The van der Waals surface area contributed by atoms with E-state index in [1.165, 1.54) is 5.56 Å². The Labute approximate surface area is 134 Å². The molecule has 0 amide bonds. The van der Waals surface area contributed by atoms with Crippen LogP contribution in [0.5, 0.6) is 5.75 Å². The highest BCUT2D eigenvalue weighted by Crippen LogP contribution is 2.29. The maximum atomic E-state index is 5.75. The smallest absolute Gasteiger partial charge is 0.138 e. The first-order chi connectivity index (χ1) is 10.1. The van der Waals surface area contributed by atoms with E-state index in [9.17, 15) is 0 Å². The summed E-state index contributed by atoms with van der Waals surface area (Å²) in [6.07, 6.45) is 3.79. The summed E-state index contributed by atoms with van der Waals surface area (Å²) in [7, 11) is 0. The summed E-state index contributed by atoms with van der Waals surface area (Å²) >= 11 is 3.63. The molecule has 0 spiro atoms. The lowest BCUT2D eigenvalue weighted by atomic mass is 10.00. The van der Waals surface area contributed by atoms with Crippen LogP contribution in [0.4, 0.5) is 0 Å². The maximum Gasteiger partial charge on any atom is 0.138 e. The average molecular weight is 349 g/mol. The fourth-order valence-electron chi connectivity index (χ4n) is 2.25. The number of benzene rings is 1. The third kappa shape index (κ3) is 4.29. The van der Waals surface area contributed by atoms with Crippen molar-refractivity contribution in [3.05, 3.63) is 58.3 Å². The second-order valence-electron chi connectivity index (χ2n) is 5.13. The van der Waals surface area contributed by atoms with Gasteiger partial charge in [-0.15, -0.1) is 0 Å². The number of hydrogen-bond acceptors (Lipinski definition) is 3. The third-order valence-corrected chi connectivity index (χ3v) is 3.79. The molecule has 4 heteroatoms. The number of hydrogen-bond donors (Lipinski definition) is 1. The summed E-state index contributed by atoms with van der Waals surface area (Å²) in [4.78, 5) is 4.32. The predicted molar refractivity (Wildman–Crippen MR) is 89.7 cm³/mol. The fourth-order valence-corrected chi connectivity index (χ4v) is 2.76. The lowest BCUT2D eigenvalue weighted by molar-refractivity contribution is 0.241.